The predicted octanol–water partition coefficient (Wildman–Crippen LogP) is 3.71. The highest BCUT2D eigenvalue weighted by Crippen LogP contribution is 2.21. The van der Waals surface area contributed by atoms with Crippen LogP contribution >= 0.6 is 11.6 Å². The van der Waals surface area contributed by atoms with Gasteiger partial charge in [0.05, 0.1) is 12.7 Å². The molecule has 0 unspecified atom stereocenters. The van der Waals surface area contributed by atoms with E-state index in [0.29, 0.717) is 38.0 Å². The first-order valence-electron chi connectivity index (χ1n) is 20.6. The van der Waals surface area contributed by atoms with E-state index < -0.39 is 42.5 Å². The Bertz CT molecular complexity index is 1810. The largest absolute Gasteiger partial charge is 0.444 e. The molecule has 0 aliphatic carbocycles. The standard InChI is InChI=1S/C43H65ClN8O8/c1-6-7-8-11-20-51(26-33(54)36(56)34(55)27-53)22-19-47-40(57)31-16-14-29(15-17-31)25-52(42(59)60-43(3,4)5)21-18-30(23-32-13-10-9-12-28(32)2)24-48-41(58)35-38(45)50-39(46)37(44)49-35/h9-10,12-17,30,33-34,36,53-56H,6-8,11,18-27H2,1-5H3,(H,47,57)(H,48,58)(H4,45,46,50)/t30-,33+,34-,36-/m1/s1. The molecule has 0 radical (unpaired) electrons. The monoisotopic (exact) mass is 856 g/mol. The maximum Gasteiger partial charge on any atom is 0.410 e. The van der Waals surface area contributed by atoms with E-state index >= 15 is 0 Å². The van der Waals surface area contributed by atoms with Crippen molar-refractivity contribution in [2.24, 2.45) is 5.92 Å². The molecule has 0 bridgehead atoms. The van der Waals surface area contributed by atoms with E-state index in [1.807, 2.05) is 36.1 Å². The number of amides is 3. The Morgan fingerprint density at radius 2 is 1.58 bits per heavy atom. The summed E-state index contributed by atoms with van der Waals surface area (Å²) in [5, 5.41) is 45.3. The molecule has 0 aliphatic rings. The number of benzene rings is 2. The summed E-state index contributed by atoms with van der Waals surface area (Å²) in [4.78, 5) is 51.4. The zero-order valence-electron chi connectivity index (χ0n) is 35.6. The third kappa shape index (κ3) is 16.8. The summed E-state index contributed by atoms with van der Waals surface area (Å²) >= 11 is 6.02. The topological polar surface area (TPSA) is 250 Å². The van der Waals surface area contributed by atoms with Gasteiger partial charge in [0.25, 0.3) is 11.8 Å². The second-order valence-corrected chi connectivity index (χ2v) is 16.5. The molecule has 17 heteroatoms. The number of ether oxygens (including phenoxy) is 1. The van der Waals surface area contributed by atoms with Crippen molar-refractivity contribution in [2.45, 2.75) is 104 Å². The molecule has 16 nitrogen and oxygen atoms in total. The van der Waals surface area contributed by atoms with Crippen molar-refractivity contribution >= 4 is 41.1 Å². The quantitative estimate of drug-likeness (QED) is 0.0600. The number of halogens is 1. The van der Waals surface area contributed by atoms with E-state index in [4.69, 9.17) is 27.8 Å². The molecule has 0 saturated heterocycles. The number of aromatic nitrogens is 2. The van der Waals surface area contributed by atoms with E-state index in [9.17, 15) is 34.8 Å². The normalized spacial score (nSPS) is 13.7. The number of nitrogens with two attached hydrogens (primary N) is 2. The first kappa shape index (κ1) is 49.8. The number of carbonyl (C=O) groups excluding carboxylic acids is 3. The zero-order chi connectivity index (χ0) is 44.4. The SMILES string of the molecule is CCCCCCN(CCNC(=O)c1ccc(CN(CC[C@@H](CNC(=O)c2nc(Cl)c(N)nc2N)Cc2ccccc2C)C(=O)OC(C)(C)C)cc1)C[C@H](O)[C@@H](O)[C@H](O)CO. The first-order valence-corrected chi connectivity index (χ1v) is 20.9. The zero-order valence-corrected chi connectivity index (χ0v) is 36.3. The molecule has 60 heavy (non-hydrogen) atoms. The number of aliphatic hydroxyl groups is 4. The summed E-state index contributed by atoms with van der Waals surface area (Å²) in [5.74, 6) is -1.21. The lowest BCUT2D eigenvalue weighted by Crippen LogP contribution is -2.47. The van der Waals surface area contributed by atoms with Crippen LogP contribution in [0.3, 0.4) is 0 Å². The highest BCUT2D eigenvalue weighted by molar-refractivity contribution is 6.31. The molecule has 332 valence electrons. The number of carbonyl (C=O) groups is 3. The average molecular weight is 857 g/mol. The Morgan fingerprint density at radius 1 is 0.883 bits per heavy atom. The van der Waals surface area contributed by atoms with Gasteiger partial charge in [-0.2, -0.15) is 0 Å². The smallest absolute Gasteiger partial charge is 0.410 e. The number of nitrogens with one attached hydrogen (secondary N) is 2. The number of nitrogen functional groups attached to an aromatic ring is 2. The third-order valence-electron chi connectivity index (χ3n) is 9.95. The summed E-state index contributed by atoms with van der Waals surface area (Å²) in [6, 6.07) is 14.9. The number of anilines is 2. The molecule has 4 atom stereocenters. The van der Waals surface area contributed by atoms with Gasteiger partial charge in [0.1, 0.15) is 17.8 Å². The van der Waals surface area contributed by atoms with Crippen LogP contribution in [0, 0.1) is 12.8 Å². The van der Waals surface area contributed by atoms with Gasteiger partial charge in [0.2, 0.25) is 0 Å². The average Bonchev–Trinajstić information content (AvgIpc) is 3.20. The lowest BCUT2D eigenvalue weighted by molar-refractivity contribution is -0.0840. The number of rotatable bonds is 24. The maximum atomic E-state index is 13.6. The van der Waals surface area contributed by atoms with Crippen molar-refractivity contribution in [2.75, 3.05) is 57.3 Å². The fourth-order valence-electron chi connectivity index (χ4n) is 6.46. The second-order valence-electron chi connectivity index (χ2n) is 16.2. The van der Waals surface area contributed by atoms with Crippen LogP contribution in [0.2, 0.25) is 5.15 Å². The molecule has 1 aromatic heterocycles. The summed E-state index contributed by atoms with van der Waals surface area (Å²) in [6.45, 7) is 10.9. The molecule has 3 rings (SSSR count). The van der Waals surface area contributed by atoms with Crippen LogP contribution in [0.1, 0.15) is 97.3 Å². The van der Waals surface area contributed by atoms with Crippen molar-refractivity contribution in [1.82, 2.24) is 30.4 Å². The number of nitrogens with zero attached hydrogens (tertiary/aromatic N) is 4. The highest BCUT2D eigenvalue weighted by Gasteiger charge is 2.27. The fraction of sp³-hybridized carbons (Fsp3) is 0.558. The van der Waals surface area contributed by atoms with E-state index in [0.717, 1.165) is 42.4 Å². The Kier molecular flexibility index (Phi) is 20.4. The molecular weight excluding hydrogens is 792 g/mol. The number of hydrogen-bond acceptors (Lipinski definition) is 13. The Hall–Kier alpha value is -4.58. The van der Waals surface area contributed by atoms with Crippen LogP contribution in [-0.4, -0.2) is 128 Å². The molecule has 1 heterocycles. The van der Waals surface area contributed by atoms with Gasteiger partial charge < -0.3 is 52.2 Å². The third-order valence-corrected chi connectivity index (χ3v) is 10.2. The van der Waals surface area contributed by atoms with Gasteiger partial charge >= 0.3 is 6.09 Å². The van der Waals surface area contributed by atoms with Crippen LogP contribution in [0.4, 0.5) is 16.4 Å². The summed E-state index contributed by atoms with van der Waals surface area (Å²) in [7, 11) is 0. The van der Waals surface area contributed by atoms with Crippen LogP contribution < -0.4 is 22.1 Å². The fourth-order valence-corrected chi connectivity index (χ4v) is 6.59. The van der Waals surface area contributed by atoms with Gasteiger partial charge in [0.15, 0.2) is 22.5 Å². The molecule has 2 aromatic carbocycles. The molecule has 3 amide bonds. The van der Waals surface area contributed by atoms with E-state index in [1.165, 1.54) is 0 Å². The van der Waals surface area contributed by atoms with Crippen LogP contribution in [0.5, 0.6) is 0 Å². The lowest BCUT2D eigenvalue weighted by atomic mass is 9.93. The molecule has 0 aliphatic heterocycles. The van der Waals surface area contributed by atoms with Gasteiger partial charge in [-0.25, -0.2) is 14.8 Å². The maximum absolute atomic E-state index is 13.6. The summed E-state index contributed by atoms with van der Waals surface area (Å²) in [5.41, 5.74) is 14.1. The predicted molar refractivity (Wildman–Crippen MR) is 232 cm³/mol. The van der Waals surface area contributed by atoms with Gasteiger partial charge in [-0.1, -0.05) is 74.2 Å². The van der Waals surface area contributed by atoms with Crippen molar-refractivity contribution in [3.63, 3.8) is 0 Å². The molecule has 3 aromatic rings. The minimum Gasteiger partial charge on any atom is -0.444 e. The molecular formula is C43H65ClN8O8. The Labute approximate surface area is 358 Å². The van der Waals surface area contributed by atoms with E-state index in [-0.39, 0.29) is 60.5 Å². The minimum absolute atomic E-state index is 0.0631. The van der Waals surface area contributed by atoms with Gasteiger partial charge in [-0.05, 0) is 88.2 Å². The second kappa shape index (κ2) is 24.6. The van der Waals surface area contributed by atoms with Crippen LogP contribution in [0.15, 0.2) is 48.5 Å². The summed E-state index contributed by atoms with van der Waals surface area (Å²) < 4.78 is 5.79. The number of aryl methyl sites for hydroxylation is 1. The molecule has 0 fully saturated rings. The van der Waals surface area contributed by atoms with Gasteiger partial charge in [-0.15, -0.1) is 0 Å². The first-order chi connectivity index (χ1) is 28.4. The van der Waals surface area contributed by atoms with Crippen molar-refractivity contribution < 1.29 is 39.5 Å². The number of aliphatic hydroxyl groups excluding tert-OH is 4. The molecule has 0 spiro atoms. The Balaban J connectivity index is 1.70. The van der Waals surface area contributed by atoms with Gasteiger partial charge in [0, 0.05) is 44.8 Å². The van der Waals surface area contributed by atoms with E-state index in [2.05, 4.69) is 27.5 Å². The van der Waals surface area contributed by atoms with Crippen molar-refractivity contribution in [3.8, 4) is 0 Å². The summed E-state index contributed by atoms with van der Waals surface area (Å²) in [6.07, 6.45) is 0.330. The number of unbranched alkanes of at least 4 members (excludes halogenated alkanes) is 3. The molecule has 10 N–H and O–H groups in total. The van der Waals surface area contributed by atoms with E-state index in [1.54, 1.807) is 49.9 Å². The van der Waals surface area contributed by atoms with Crippen molar-refractivity contribution in [3.05, 3.63) is 81.6 Å². The van der Waals surface area contributed by atoms with Crippen LogP contribution in [-0.2, 0) is 17.7 Å². The highest BCUT2D eigenvalue weighted by atomic mass is 35.5. The minimum atomic E-state index is -1.50. The molecule has 0 saturated carbocycles. The van der Waals surface area contributed by atoms with Gasteiger partial charge in [-0.3, -0.25) is 14.5 Å². The number of hydrogen-bond donors (Lipinski definition) is 8. The Morgan fingerprint density at radius 3 is 2.23 bits per heavy atom. The lowest BCUT2D eigenvalue weighted by Gasteiger charge is -2.29. The van der Waals surface area contributed by atoms with Crippen molar-refractivity contribution in [1.29, 1.82) is 0 Å². The van der Waals surface area contributed by atoms with Crippen LogP contribution in [0.25, 0.3) is 0 Å².